The van der Waals surface area contributed by atoms with E-state index in [1.165, 1.54) is 5.56 Å². The zero-order chi connectivity index (χ0) is 21.6. The third-order valence-corrected chi connectivity index (χ3v) is 5.19. The van der Waals surface area contributed by atoms with Gasteiger partial charge in [0.1, 0.15) is 5.75 Å². The van der Waals surface area contributed by atoms with Crippen LogP contribution in [0.3, 0.4) is 0 Å². The fraction of sp³-hybridized carbons (Fsp3) is 0.0833. The molecule has 0 atom stereocenters. The van der Waals surface area contributed by atoms with Crippen LogP contribution in [0, 0.1) is 0 Å². The van der Waals surface area contributed by atoms with Gasteiger partial charge in [-0.2, -0.15) is 5.10 Å². The first-order chi connectivity index (χ1) is 15.1. The topological polar surface area (TPSA) is 55.6 Å². The fourth-order valence-corrected chi connectivity index (χ4v) is 3.69. The number of ether oxygens (including phenoxy) is 1. The second kappa shape index (κ2) is 9.69. The number of hydrazone groups is 1. The van der Waals surface area contributed by atoms with Gasteiger partial charge >= 0.3 is 0 Å². The molecule has 0 unspecified atom stereocenters. The van der Waals surface area contributed by atoms with Gasteiger partial charge in [0.15, 0.2) is 6.61 Å². The predicted octanol–water partition coefficient (Wildman–Crippen LogP) is 5.53. The molecule has 31 heavy (non-hydrogen) atoms. The summed E-state index contributed by atoms with van der Waals surface area (Å²) >= 11 is 11.9. The number of carbonyl (C=O) groups excluding carboxylic acids is 1. The first kappa shape index (κ1) is 21.0. The summed E-state index contributed by atoms with van der Waals surface area (Å²) in [7, 11) is 0. The Bertz CT molecular complexity index is 1240. The molecule has 0 bridgehead atoms. The molecule has 7 heteroatoms. The Hall–Kier alpha value is -3.28. The number of hydrogen-bond acceptors (Lipinski definition) is 3. The summed E-state index contributed by atoms with van der Waals surface area (Å²) in [5, 5.41) is 5.99. The van der Waals surface area contributed by atoms with E-state index in [0.29, 0.717) is 15.8 Å². The lowest BCUT2D eigenvalue weighted by Crippen LogP contribution is -2.24. The molecular weight excluding hydrogens is 433 g/mol. The lowest BCUT2D eigenvalue weighted by Gasteiger charge is -2.06. The van der Waals surface area contributed by atoms with Crippen molar-refractivity contribution in [3.63, 3.8) is 0 Å². The Balaban J connectivity index is 1.42. The SMILES string of the molecule is O=C(COc1ccc(Cl)cc1Cl)N/N=C/c1cn(Cc2ccccc2)c2ccccc12. The molecule has 4 aromatic rings. The van der Waals surface area contributed by atoms with Gasteiger partial charge < -0.3 is 9.30 Å². The van der Waals surface area contributed by atoms with Gasteiger partial charge in [0.05, 0.1) is 11.2 Å². The summed E-state index contributed by atoms with van der Waals surface area (Å²) in [6.07, 6.45) is 3.66. The number of benzene rings is 3. The van der Waals surface area contributed by atoms with Crippen LogP contribution < -0.4 is 10.2 Å². The Labute approximate surface area is 189 Å². The number of halogens is 2. The highest BCUT2D eigenvalue weighted by atomic mass is 35.5. The summed E-state index contributed by atoms with van der Waals surface area (Å²) in [5.74, 6) is -0.00975. The summed E-state index contributed by atoms with van der Waals surface area (Å²) in [6.45, 7) is 0.533. The number of fused-ring (bicyclic) bond motifs is 1. The van der Waals surface area contributed by atoms with Crippen molar-refractivity contribution in [3.8, 4) is 5.75 Å². The number of hydrogen-bond donors (Lipinski definition) is 1. The maximum absolute atomic E-state index is 12.1. The van der Waals surface area contributed by atoms with Crippen LogP contribution in [0.4, 0.5) is 0 Å². The van der Waals surface area contributed by atoms with E-state index in [9.17, 15) is 4.79 Å². The van der Waals surface area contributed by atoms with Crippen molar-refractivity contribution in [1.29, 1.82) is 0 Å². The van der Waals surface area contributed by atoms with E-state index in [-0.39, 0.29) is 6.61 Å². The van der Waals surface area contributed by atoms with Gasteiger partial charge in [-0.05, 0) is 29.8 Å². The standard InChI is InChI=1S/C24H19Cl2N3O2/c25-19-10-11-23(21(26)12-19)31-16-24(30)28-27-13-18-15-29(14-17-6-2-1-3-7-17)22-9-5-4-8-20(18)22/h1-13,15H,14,16H2,(H,28,30)/b27-13+. The molecule has 1 N–H and O–H groups in total. The molecule has 0 spiro atoms. The summed E-state index contributed by atoms with van der Waals surface area (Å²) in [4.78, 5) is 12.1. The van der Waals surface area contributed by atoms with E-state index >= 15 is 0 Å². The van der Waals surface area contributed by atoms with Crippen molar-refractivity contribution < 1.29 is 9.53 Å². The van der Waals surface area contributed by atoms with Gasteiger partial charge in [-0.3, -0.25) is 4.79 Å². The molecule has 3 aromatic carbocycles. The number of carbonyl (C=O) groups is 1. The van der Waals surface area contributed by atoms with E-state index < -0.39 is 5.91 Å². The minimum Gasteiger partial charge on any atom is -0.482 e. The molecule has 5 nitrogen and oxygen atoms in total. The lowest BCUT2D eigenvalue weighted by atomic mass is 10.2. The molecule has 0 saturated heterocycles. The molecule has 1 amide bonds. The summed E-state index contributed by atoms with van der Waals surface area (Å²) in [5.41, 5.74) is 5.70. The maximum atomic E-state index is 12.1. The number of nitrogens with one attached hydrogen (secondary N) is 1. The number of rotatable bonds is 7. The second-order valence-corrected chi connectivity index (χ2v) is 7.72. The third kappa shape index (κ3) is 5.26. The van der Waals surface area contributed by atoms with Gasteiger partial charge in [0, 0.05) is 34.2 Å². The molecule has 4 rings (SSSR count). The van der Waals surface area contributed by atoms with E-state index in [4.69, 9.17) is 27.9 Å². The Morgan fingerprint density at radius 3 is 2.61 bits per heavy atom. The average Bonchev–Trinajstić information content (AvgIpc) is 3.11. The number of amides is 1. The Morgan fingerprint density at radius 1 is 1.03 bits per heavy atom. The second-order valence-electron chi connectivity index (χ2n) is 6.87. The van der Waals surface area contributed by atoms with Crippen LogP contribution in [0.1, 0.15) is 11.1 Å². The predicted molar refractivity (Wildman–Crippen MR) is 125 cm³/mol. The highest BCUT2D eigenvalue weighted by Gasteiger charge is 2.08. The number of para-hydroxylation sites is 1. The molecule has 0 aliphatic rings. The van der Waals surface area contributed by atoms with Crippen LogP contribution in [0.15, 0.2) is 84.1 Å². The molecule has 0 aliphatic heterocycles. The van der Waals surface area contributed by atoms with Crippen LogP contribution in [0.25, 0.3) is 10.9 Å². The zero-order valence-electron chi connectivity index (χ0n) is 16.5. The normalized spacial score (nSPS) is 11.2. The Morgan fingerprint density at radius 2 is 1.81 bits per heavy atom. The third-order valence-electron chi connectivity index (χ3n) is 4.66. The Kier molecular flexibility index (Phi) is 6.55. The first-order valence-electron chi connectivity index (χ1n) is 9.62. The van der Waals surface area contributed by atoms with Crippen molar-refractivity contribution in [2.24, 2.45) is 5.10 Å². The molecular formula is C24H19Cl2N3O2. The van der Waals surface area contributed by atoms with Gasteiger partial charge in [-0.25, -0.2) is 5.43 Å². The largest absolute Gasteiger partial charge is 0.482 e. The summed E-state index contributed by atoms with van der Waals surface area (Å²) < 4.78 is 7.58. The first-order valence-corrected chi connectivity index (χ1v) is 10.4. The smallest absolute Gasteiger partial charge is 0.277 e. The molecule has 0 aliphatic carbocycles. The van der Waals surface area contributed by atoms with E-state index in [1.54, 1.807) is 24.4 Å². The zero-order valence-corrected chi connectivity index (χ0v) is 18.0. The highest BCUT2D eigenvalue weighted by molar-refractivity contribution is 6.35. The number of nitrogens with zero attached hydrogens (tertiary/aromatic N) is 2. The van der Waals surface area contributed by atoms with Crippen LogP contribution in [0.2, 0.25) is 10.0 Å². The molecule has 0 fully saturated rings. The van der Waals surface area contributed by atoms with Crippen molar-refractivity contribution >= 4 is 46.2 Å². The van der Waals surface area contributed by atoms with E-state index in [0.717, 1.165) is 23.0 Å². The van der Waals surface area contributed by atoms with Crippen molar-refractivity contribution in [3.05, 3.63) is 100 Å². The molecule has 1 aromatic heterocycles. The molecule has 0 radical (unpaired) electrons. The van der Waals surface area contributed by atoms with E-state index in [1.807, 2.05) is 42.6 Å². The maximum Gasteiger partial charge on any atom is 0.277 e. The van der Waals surface area contributed by atoms with Crippen LogP contribution in [0.5, 0.6) is 5.75 Å². The van der Waals surface area contributed by atoms with Gasteiger partial charge in [0.2, 0.25) is 0 Å². The van der Waals surface area contributed by atoms with Gasteiger partial charge in [-0.1, -0.05) is 71.7 Å². The number of aromatic nitrogens is 1. The molecule has 1 heterocycles. The van der Waals surface area contributed by atoms with Crippen molar-refractivity contribution in [1.82, 2.24) is 9.99 Å². The minimum absolute atomic E-state index is 0.214. The molecule has 156 valence electrons. The van der Waals surface area contributed by atoms with Crippen molar-refractivity contribution in [2.75, 3.05) is 6.61 Å². The highest BCUT2D eigenvalue weighted by Crippen LogP contribution is 2.27. The van der Waals surface area contributed by atoms with Crippen LogP contribution in [-0.2, 0) is 11.3 Å². The van der Waals surface area contributed by atoms with E-state index in [2.05, 4.69) is 33.3 Å². The minimum atomic E-state index is -0.393. The quantitative estimate of drug-likeness (QED) is 0.296. The van der Waals surface area contributed by atoms with Gasteiger partial charge in [-0.15, -0.1) is 0 Å². The summed E-state index contributed by atoms with van der Waals surface area (Å²) in [6, 6.07) is 23.1. The fourth-order valence-electron chi connectivity index (χ4n) is 3.23. The molecule has 0 saturated carbocycles. The van der Waals surface area contributed by atoms with Gasteiger partial charge in [0.25, 0.3) is 5.91 Å². The monoisotopic (exact) mass is 451 g/mol. The van der Waals surface area contributed by atoms with Crippen LogP contribution >= 0.6 is 23.2 Å². The van der Waals surface area contributed by atoms with Crippen LogP contribution in [-0.4, -0.2) is 23.3 Å². The van der Waals surface area contributed by atoms with Crippen molar-refractivity contribution in [2.45, 2.75) is 6.54 Å². The lowest BCUT2D eigenvalue weighted by molar-refractivity contribution is -0.123. The average molecular weight is 452 g/mol.